The maximum absolute atomic E-state index is 12.5. The number of rotatable bonds is 4. The number of thiazole rings is 1. The van der Waals surface area contributed by atoms with Gasteiger partial charge in [-0.2, -0.15) is 0 Å². The van der Waals surface area contributed by atoms with Crippen LogP contribution in [0.5, 0.6) is 0 Å². The molecule has 2 aromatic heterocycles. The molecule has 2 aromatic carbocycles. The summed E-state index contributed by atoms with van der Waals surface area (Å²) in [6.07, 6.45) is 0. The maximum Gasteiger partial charge on any atom is 0.239 e. The molecule has 0 amide bonds. The van der Waals surface area contributed by atoms with Gasteiger partial charge >= 0.3 is 0 Å². The largest absolute Gasteiger partial charge is 0.345 e. The predicted molar refractivity (Wildman–Crippen MR) is 137 cm³/mol. The first-order valence-electron chi connectivity index (χ1n) is 10.4. The van der Waals surface area contributed by atoms with Crippen LogP contribution in [0.1, 0.15) is 12.5 Å². The molecule has 3 heterocycles. The molecule has 1 fully saturated rings. The van der Waals surface area contributed by atoms with Gasteiger partial charge in [-0.15, -0.1) is 11.3 Å². The summed E-state index contributed by atoms with van der Waals surface area (Å²) in [6.45, 7) is 1.78. The number of nitrogens with zero attached hydrogens (tertiary/aromatic N) is 3. The minimum absolute atomic E-state index is 0.150. The molecule has 0 bridgehead atoms. The molecule has 4 aromatic rings. The van der Waals surface area contributed by atoms with E-state index in [2.05, 4.69) is 20.6 Å². The van der Waals surface area contributed by atoms with E-state index >= 15 is 0 Å². The molecule has 1 saturated heterocycles. The lowest BCUT2D eigenvalue weighted by Gasteiger charge is -2.40. The number of anilines is 2. The first-order valence-corrected chi connectivity index (χ1v) is 13.2. The highest BCUT2D eigenvalue weighted by molar-refractivity contribution is 7.89. The molecule has 1 atom stereocenters. The van der Waals surface area contributed by atoms with Gasteiger partial charge in [0.25, 0.3) is 0 Å². The molecule has 0 saturated carbocycles. The minimum atomic E-state index is -3.58. The van der Waals surface area contributed by atoms with Gasteiger partial charge in [0, 0.05) is 28.5 Å². The van der Waals surface area contributed by atoms with E-state index in [-0.39, 0.29) is 11.7 Å². The number of pyridine rings is 1. The van der Waals surface area contributed by atoms with Crippen LogP contribution >= 0.6 is 22.9 Å². The summed E-state index contributed by atoms with van der Waals surface area (Å²) in [7, 11) is -2.21. The van der Waals surface area contributed by atoms with E-state index in [0.29, 0.717) is 10.2 Å². The summed E-state index contributed by atoms with van der Waals surface area (Å²) in [4.78, 5) is 9.36. The van der Waals surface area contributed by atoms with Crippen LogP contribution in [0.15, 0.2) is 60.0 Å². The van der Waals surface area contributed by atoms with E-state index < -0.39 is 15.6 Å². The summed E-state index contributed by atoms with van der Waals surface area (Å²) in [5.74, 6) is -0.301. The smallest absolute Gasteiger partial charge is 0.239 e. The third-order valence-corrected chi connectivity index (χ3v) is 8.72. The topological polar surface area (TPSA) is 111 Å². The van der Waals surface area contributed by atoms with Crippen LogP contribution in [0, 0.1) is 5.41 Å². The first-order chi connectivity index (χ1) is 16.1. The van der Waals surface area contributed by atoms with Gasteiger partial charge in [-0.05, 0) is 48.9 Å². The highest BCUT2D eigenvalue weighted by Crippen LogP contribution is 2.32. The third kappa shape index (κ3) is 4.20. The lowest BCUT2D eigenvalue weighted by atomic mass is 9.93. The molecule has 0 radical (unpaired) electrons. The molecule has 1 aliphatic rings. The number of halogens is 1. The van der Waals surface area contributed by atoms with Crippen LogP contribution in [0.2, 0.25) is 5.02 Å². The summed E-state index contributed by atoms with van der Waals surface area (Å²) < 4.78 is 26.0. The molecular formula is C23H21ClN6O2S2. The van der Waals surface area contributed by atoms with Gasteiger partial charge in [-0.3, -0.25) is 5.41 Å². The van der Waals surface area contributed by atoms with Crippen molar-refractivity contribution >= 4 is 60.6 Å². The molecule has 1 unspecified atom stereocenters. The molecule has 11 heteroatoms. The van der Waals surface area contributed by atoms with Crippen molar-refractivity contribution < 1.29 is 8.42 Å². The van der Waals surface area contributed by atoms with Crippen molar-refractivity contribution in [1.29, 1.82) is 5.41 Å². The van der Waals surface area contributed by atoms with Gasteiger partial charge in [-0.1, -0.05) is 29.8 Å². The number of hydrogen-bond donors (Lipinski definition) is 3. The first kappa shape index (κ1) is 22.6. The predicted octanol–water partition coefficient (Wildman–Crippen LogP) is 4.77. The molecule has 1 aliphatic heterocycles. The molecule has 0 spiro atoms. The molecular weight excluding hydrogens is 492 g/mol. The third-order valence-electron chi connectivity index (χ3n) is 5.77. The number of sulfonamides is 1. The SMILES string of the molecule is CN1C(=N)NC(C)(c2cccc(Nc3nc(-c4ccc5cc(Cl)ccc5n4)cs3)c2)CS1(=O)=O. The molecule has 3 N–H and O–H groups in total. The fourth-order valence-electron chi connectivity index (χ4n) is 3.88. The van der Waals surface area contributed by atoms with Gasteiger partial charge < -0.3 is 10.6 Å². The van der Waals surface area contributed by atoms with E-state index in [0.717, 1.165) is 37.8 Å². The van der Waals surface area contributed by atoms with E-state index in [1.807, 2.05) is 60.0 Å². The Balaban J connectivity index is 1.39. The molecule has 8 nitrogen and oxygen atoms in total. The number of nitrogens with one attached hydrogen (secondary N) is 3. The molecule has 34 heavy (non-hydrogen) atoms. The number of hydrogen-bond acceptors (Lipinski definition) is 7. The summed E-state index contributed by atoms with van der Waals surface area (Å²) in [5.41, 5.74) is 2.96. The second-order valence-corrected chi connectivity index (χ2v) is 11.6. The summed E-state index contributed by atoms with van der Waals surface area (Å²) in [6, 6.07) is 16.9. The Hall–Kier alpha value is -3.21. The van der Waals surface area contributed by atoms with Crippen molar-refractivity contribution in [1.82, 2.24) is 19.6 Å². The average molecular weight is 513 g/mol. The second kappa shape index (κ2) is 8.23. The Morgan fingerprint density at radius 1 is 1.15 bits per heavy atom. The van der Waals surface area contributed by atoms with Gasteiger partial charge in [0.05, 0.1) is 22.5 Å². The zero-order valence-electron chi connectivity index (χ0n) is 18.3. The highest BCUT2D eigenvalue weighted by Gasteiger charge is 2.41. The summed E-state index contributed by atoms with van der Waals surface area (Å²) >= 11 is 7.51. The van der Waals surface area contributed by atoms with Gasteiger partial charge in [0.1, 0.15) is 5.69 Å². The Morgan fingerprint density at radius 3 is 2.76 bits per heavy atom. The number of benzene rings is 2. The fraction of sp³-hybridized carbons (Fsp3) is 0.174. The Bertz CT molecular complexity index is 1540. The molecule has 5 rings (SSSR count). The van der Waals surface area contributed by atoms with Gasteiger partial charge in [0.15, 0.2) is 5.13 Å². The minimum Gasteiger partial charge on any atom is -0.345 e. The Labute approximate surface area is 206 Å². The second-order valence-electron chi connectivity index (χ2n) is 8.31. The van der Waals surface area contributed by atoms with Crippen LogP contribution < -0.4 is 10.6 Å². The highest BCUT2D eigenvalue weighted by atomic mass is 35.5. The quantitative estimate of drug-likeness (QED) is 0.363. The van der Waals surface area contributed by atoms with Crippen LogP contribution in [0.3, 0.4) is 0 Å². The zero-order chi connectivity index (χ0) is 24.1. The lowest BCUT2D eigenvalue weighted by Crippen LogP contribution is -2.60. The van der Waals surface area contributed by atoms with Crippen LogP contribution in [0.4, 0.5) is 10.8 Å². The van der Waals surface area contributed by atoms with Crippen molar-refractivity contribution in [2.75, 3.05) is 18.1 Å². The van der Waals surface area contributed by atoms with E-state index in [1.54, 1.807) is 6.92 Å². The Morgan fingerprint density at radius 2 is 1.97 bits per heavy atom. The normalized spacial score (nSPS) is 19.7. The van der Waals surface area contributed by atoms with Crippen molar-refractivity contribution in [3.05, 3.63) is 70.6 Å². The van der Waals surface area contributed by atoms with Crippen LogP contribution in [0.25, 0.3) is 22.3 Å². The number of fused-ring (bicyclic) bond motifs is 1. The van der Waals surface area contributed by atoms with Crippen LogP contribution in [-0.4, -0.2) is 41.5 Å². The van der Waals surface area contributed by atoms with E-state index in [9.17, 15) is 8.42 Å². The van der Waals surface area contributed by atoms with Crippen molar-refractivity contribution in [3.63, 3.8) is 0 Å². The fourth-order valence-corrected chi connectivity index (χ4v) is 6.27. The van der Waals surface area contributed by atoms with Crippen molar-refractivity contribution in [2.24, 2.45) is 0 Å². The lowest BCUT2D eigenvalue weighted by molar-refractivity contribution is 0.418. The maximum atomic E-state index is 12.5. The standard InChI is InChI=1S/C23H21ClN6O2S2/c1-23(13-34(31,32)30(2)21(25)29-23)15-4-3-5-17(11-15)26-22-28-20(12-33-22)19-8-6-14-10-16(24)7-9-18(14)27-19/h3-12H,13H2,1-2H3,(H2,25,29)(H,26,28). The average Bonchev–Trinajstić information content (AvgIpc) is 3.25. The van der Waals surface area contributed by atoms with Gasteiger partial charge in [-0.25, -0.2) is 22.7 Å². The number of aromatic nitrogens is 2. The summed E-state index contributed by atoms with van der Waals surface area (Å²) in [5, 5.41) is 18.6. The number of guanidine groups is 1. The molecule has 0 aliphatic carbocycles. The molecule has 174 valence electrons. The van der Waals surface area contributed by atoms with Crippen molar-refractivity contribution in [3.8, 4) is 11.4 Å². The van der Waals surface area contributed by atoms with Crippen LogP contribution in [-0.2, 0) is 15.6 Å². The monoisotopic (exact) mass is 512 g/mol. The van der Waals surface area contributed by atoms with Gasteiger partial charge in [0.2, 0.25) is 16.0 Å². The van der Waals surface area contributed by atoms with Crippen molar-refractivity contribution in [2.45, 2.75) is 12.5 Å². The van der Waals surface area contributed by atoms with E-state index in [1.165, 1.54) is 18.4 Å². The van der Waals surface area contributed by atoms with E-state index in [4.69, 9.17) is 17.0 Å². The zero-order valence-corrected chi connectivity index (χ0v) is 20.7. The Kier molecular flexibility index (Phi) is 5.46.